The summed E-state index contributed by atoms with van der Waals surface area (Å²) in [6.45, 7) is 6.79. The van der Waals surface area contributed by atoms with Crippen molar-refractivity contribution in [2.45, 2.75) is 33.1 Å². The molecular formula is C20H29N5O2. The van der Waals surface area contributed by atoms with E-state index >= 15 is 0 Å². The van der Waals surface area contributed by atoms with Gasteiger partial charge in [0.15, 0.2) is 0 Å². The number of aromatic nitrogens is 3. The van der Waals surface area contributed by atoms with Gasteiger partial charge in [-0.15, -0.1) is 0 Å². The van der Waals surface area contributed by atoms with Crippen LogP contribution in [0.15, 0.2) is 35.4 Å². The van der Waals surface area contributed by atoms with Crippen LogP contribution in [0.4, 0.5) is 5.69 Å². The molecule has 3 rings (SSSR count). The SMILES string of the molecule is CC(C)CC(=O)N1CCC(CNc2ccc(-n3ncn(C)c3=O)cc2)CC1. The number of nitrogens with one attached hydrogen (secondary N) is 1. The van der Waals surface area contributed by atoms with E-state index in [0.29, 0.717) is 18.3 Å². The Balaban J connectivity index is 1.48. The monoisotopic (exact) mass is 371 g/mol. The van der Waals surface area contributed by atoms with Gasteiger partial charge in [-0.1, -0.05) is 13.8 Å². The van der Waals surface area contributed by atoms with Gasteiger partial charge in [0.05, 0.1) is 5.69 Å². The molecule has 1 aromatic heterocycles. The zero-order valence-electron chi connectivity index (χ0n) is 16.4. The molecule has 7 nitrogen and oxygen atoms in total. The largest absolute Gasteiger partial charge is 0.385 e. The van der Waals surface area contributed by atoms with Crippen molar-refractivity contribution in [2.75, 3.05) is 25.0 Å². The van der Waals surface area contributed by atoms with Gasteiger partial charge in [-0.3, -0.25) is 9.36 Å². The van der Waals surface area contributed by atoms with E-state index < -0.39 is 0 Å². The molecule has 0 bridgehead atoms. The van der Waals surface area contributed by atoms with Gasteiger partial charge in [0.1, 0.15) is 6.33 Å². The number of hydrogen-bond acceptors (Lipinski definition) is 4. The van der Waals surface area contributed by atoms with Gasteiger partial charge in [-0.05, 0) is 48.9 Å². The van der Waals surface area contributed by atoms with Crippen molar-refractivity contribution in [3.63, 3.8) is 0 Å². The molecule has 7 heteroatoms. The number of rotatable bonds is 6. The van der Waals surface area contributed by atoms with Gasteiger partial charge >= 0.3 is 5.69 Å². The van der Waals surface area contributed by atoms with Gasteiger partial charge in [0, 0.05) is 38.8 Å². The summed E-state index contributed by atoms with van der Waals surface area (Å²) in [5.74, 6) is 1.28. The summed E-state index contributed by atoms with van der Waals surface area (Å²) in [5, 5.41) is 7.56. The number of aryl methyl sites for hydroxylation is 1. The van der Waals surface area contributed by atoms with Crippen molar-refractivity contribution in [3.05, 3.63) is 41.1 Å². The third kappa shape index (κ3) is 4.78. The fraction of sp³-hybridized carbons (Fsp3) is 0.550. The molecule has 0 aliphatic carbocycles. The number of hydrogen-bond donors (Lipinski definition) is 1. The van der Waals surface area contributed by atoms with Crippen LogP contribution in [0.25, 0.3) is 5.69 Å². The number of likely N-dealkylation sites (tertiary alicyclic amines) is 1. The highest BCUT2D eigenvalue weighted by molar-refractivity contribution is 5.76. The Morgan fingerprint density at radius 1 is 1.22 bits per heavy atom. The lowest BCUT2D eigenvalue weighted by Gasteiger charge is -2.32. The minimum atomic E-state index is -0.158. The lowest BCUT2D eigenvalue weighted by molar-refractivity contribution is -0.133. The number of benzene rings is 1. The van der Waals surface area contributed by atoms with Crippen LogP contribution in [0.3, 0.4) is 0 Å². The van der Waals surface area contributed by atoms with Crippen LogP contribution in [-0.2, 0) is 11.8 Å². The third-order valence-corrected chi connectivity index (χ3v) is 5.08. The van der Waals surface area contributed by atoms with Crippen LogP contribution in [0, 0.1) is 11.8 Å². The number of nitrogens with zero attached hydrogens (tertiary/aromatic N) is 4. The summed E-state index contributed by atoms with van der Waals surface area (Å²) in [5.41, 5.74) is 1.62. The molecule has 27 heavy (non-hydrogen) atoms. The highest BCUT2D eigenvalue weighted by atomic mass is 16.2. The number of carbonyl (C=O) groups is 1. The molecule has 1 aromatic carbocycles. The second kappa shape index (κ2) is 8.41. The highest BCUT2D eigenvalue weighted by Gasteiger charge is 2.22. The summed E-state index contributed by atoms with van der Waals surface area (Å²) in [7, 11) is 1.68. The number of amides is 1. The van der Waals surface area contributed by atoms with Crippen LogP contribution in [-0.4, -0.2) is 44.8 Å². The first kappa shape index (κ1) is 19.2. The summed E-state index contributed by atoms with van der Waals surface area (Å²) >= 11 is 0. The molecule has 1 amide bonds. The second-order valence-electron chi connectivity index (χ2n) is 7.79. The van der Waals surface area contributed by atoms with E-state index in [2.05, 4.69) is 24.3 Å². The maximum absolute atomic E-state index is 12.1. The van der Waals surface area contributed by atoms with Crippen LogP contribution in [0.2, 0.25) is 0 Å². The molecule has 0 unspecified atom stereocenters. The Morgan fingerprint density at radius 2 is 1.89 bits per heavy atom. The molecular weight excluding hydrogens is 342 g/mol. The predicted octanol–water partition coefficient (Wildman–Crippen LogP) is 2.27. The molecule has 1 aliphatic rings. The van der Waals surface area contributed by atoms with E-state index in [4.69, 9.17) is 0 Å². The lowest BCUT2D eigenvalue weighted by Crippen LogP contribution is -2.40. The fourth-order valence-corrected chi connectivity index (χ4v) is 3.40. The van der Waals surface area contributed by atoms with E-state index in [1.807, 2.05) is 29.2 Å². The Hall–Kier alpha value is -2.57. The van der Waals surface area contributed by atoms with Crippen molar-refractivity contribution in [1.82, 2.24) is 19.2 Å². The van der Waals surface area contributed by atoms with Crippen LogP contribution >= 0.6 is 0 Å². The summed E-state index contributed by atoms with van der Waals surface area (Å²) in [6.07, 6.45) is 4.23. The summed E-state index contributed by atoms with van der Waals surface area (Å²) < 4.78 is 2.83. The molecule has 1 saturated heterocycles. The van der Waals surface area contributed by atoms with E-state index in [-0.39, 0.29) is 11.6 Å². The summed E-state index contributed by atoms with van der Waals surface area (Å²) in [6, 6.07) is 7.73. The Bertz CT molecular complexity index is 814. The molecule has 2 heterocycles. The second-order valence-corrected chi connectivity index (χ2v) is 7.79. The molecule has 146 valence electrons. The molecule has 1 N–H and O–H groups in total. The quantitative estimate of drug-likeness (QED) is 0.845. The molecule has 0 atom stereocenters. The van der Waals surface area contributed by atoms with Crippen molar-refractivity contribution in [2.24, 2.45) is 18.9 Å². The van der Waals surface area contributed by atoms with E-state index in [9.17, 15) is 9.59 Å². The van der Waals surface area contributed by atoms with E-state index in [1.54, 1.807) is 7.05 Å². The molecule has 1 aliphatic heterocycles. The average molecular weight is 371 g/mol. The number of anilines is 1. The van der Waals surface area contributed by atoms with Gasteiger partial charge < -0.3 is 10.2 Å². The van der Waals surface area contributed by atoms with Crippen molar-refractivity contribution < 1.29 is 4.79 Å². The van der Waals surface area contributed by atoms with Crippen molar-refractivity contribution in [1.29, 1.82) is 0 Å². The van der Waals surface area contributed by atoms with Crippen LogP contribution in [0.5, 0.6) is 0 Å². The number of carbonyl (C=O) groups excluding carboxylic acids is 1. The number of piperidine rings is 1. The minimum absolute atomic E-state index is 0.158. The topological polar surface area (TPSA) is 72.2 Å². The van der Waals surface area contributed by atoms with Gasteiger partial charge in [0.2, 0.25) is 5.91 Å². The highest BCUT2D eigenvalue weighted by Crippen LogP contribution is 2.20. The molecule has 0 radical (unpaired) electrons. The van der Waals surface area contributed by atoms with Gasteiger partial charge in [0.25, 0.3) is 0 Å². The average Bonchev–Trinajstić information content (AvgIpc) is 2.99. The Kier molecular flexibility index (Phi) is 5.98. The van der Waals surface area contributed by atoms with Crippen molar-refractivity contribution >= 4 is 11.6 Å². The first-order valence-corrected chi connectivity index (χ1v) is 9.66. The van der Waals surface area contributed by atoms with Crippen LogP contribution < -0.4 is 11.0 Å². The van der Waals surface area contributed by atoms with Crippen molar-refractivity contribution in [3.8, 4) is 5.69 Å². The zero-order chi connectivity index (χ0) is 19.4. The van der Waals surface area contributed by atoms with E-state index in [0.717, 1.165) is 43.9 Å². The Morgan fingerprint density at radius 3 is 2.44 bits per heavy atom. The Labute approximate surface area is 160 Å². The standard InChI is InChI=1S/C20H29N5O2/c1-15(2)12-19(26)24-10-8-16(9-11-24)13-21-17-4-6-18(7-5-17)25-20(27)23(3)14-22-25/h4-7,14-16,21H,8-13H2,1-3H3. The van der Waals surface area contributed by atoms with Gasteiger partial charge in [-0.2, -0.15) is 9.78 Å². The molecule has 0 spiro atoms. The third-order valence-electron chi connectivity index (χ3n) is 5.08. The zero-order valence-corrected chi connectivity index (χ0v) is 16.4. The summed E-state index contributed by atoms with van der Waals surface area (Å²) in [4.78, 5) is 26.1. The molecule has 0 saturated carbocycles. The molecule has 2 aromatic rings. The predicted molar refractivity (Wildman–Crippen MR) is 106 cm³/mol. The molecule has 1 fully saturated rings. The first-order chi connectivity index (χ1) is 12.9. The fourth-order valence-electron chi connectivity index (χ4n) is 3.40. The first-order valence-electron chi connectivity index (χ1n) is 9.66. The maximum Gasteiger partial charge on any atom is 0.350 e. The van der Waals surface area contributed by atoms with E-state index in [1.165, 1.54) is 15.6 Å². The smallest absolute Gasteiger partial charge is 0.350 e. The minimum Gasteiger partial charge on any atom is -0.385 e. The van der Waals surface area contributed by atoms with Crippen LogP contribution in [0.1, 0.15) is 33.1 Å². The normalized spacial score (nSPS) is 15.3. The maximum atomic E-state index is 12.1. The lowest BCUT2D eigenvalue weighted by atomic mass is 9.96. The van der Waals surface area contributed by atoms with Gasteiger partial charge in [-0.25, -0.2) is 4.79 Å².